The minimum atomic E-state index is -1.19. The Kier molecular flexibility index (Phi) is 5.52. The van der Waals surface area contributed by atoms with Crippen molar-refractivity contribution in [3.8, 4) is 0 Å². The topological polar surface area (TPSA) is 120 Å². The summed E-state index contributed by atoms with van der Waals surface area (Å²) >= 11 is 0. The number of imide groups is 1. The van der Waals surface area contributed by atoms with E-state index < -0.39 is 35.4 Å². The number of carbonyl (C=O) groups is 3. The summed E-state index contributed by atoms with van der Waals surface area (Å²) in [5.74, 6) is -1.82. The molecule has 1 fully saturated rings. The van der Waals surface area contributed by atoms with Gasteiger partial charge >= 0.3 is 12.0 Å². The van der Waals surface area contributed by atoms with Gasteiger partial charge in [0.25, 0.3) is 5.91 Å². The van der Waals surface area contributed by atoms with E-state index in [1.54, 1.807) is 26.0 Å². The molecule has 9 nitrogen and oxygen atoms in total. The molecule has 0 spiro atoms. The first kappa shape index (κ1) is 22.0. The highest BCUT2D eigenvalue weighted by atomic mass is 16.4. The van der Waals surface area contributed by atoms with Gasteiger partial charge in [-0.3, -0.25) is 14.5 Å². The molecule has 2 unspecified atom stereocenters. The van der Waals surface area contributed by atoms with E-state index in [2.05, 4.69) is 5.18 Å². The van der Waals surface area contributed by atoms with E-state index in [0.29, 0.717) is 11.1 Å². The van der Waals surface area contributed by atoms with E-state index in [9.17, 15) is 24.4 Å². The Morgan fingerprint density at radius 3 is 2.59 bits per heavy atom. The molecule has 0 radical (unpaired) electrons. The van der Waals surface area contributed by atoms with Crippen molar-refractivity contribution < 1.29 is 23.9 Å². The number of furan rings is 1. The highest BCUT2D eigenvalue weighted by Crippen LogP contribution is 2.35. The van der Waals surface area contributed by atoms with Crippen LogP contribution in [0.4, 0.5) is 4.79 Å². The minimum Gasteiger partial charge on any atom is -0.481 e. The molecule has 1 aliphatic heterocycles. The molecule has 1 aromatic heterocycles. The standard InChI is InChI=1S/C23H27N3O6/c1-23(2)21(29)26(22(30)25(23)3)12-14(20(27)28)10-17(24-31)13-8-9-16-15-6-4-5-7-18(15)32-19(16)11-13/h8-9,11,14,17H,4-7,10,12H2,1-3H3,(H,27,28). The lowest BCUT2D eigenvalue weighted by Crippen LogP contribution is -2.42. The normalized spacial score (nSPS) is 19.8. The van der Waals surface area contributed by atoms with Gasteiger partial charge in [-0.1, -0.05) is 17.3 Å². The van der Waals surface area contributed by atoms with Crippen molar-refractivity contribution in [1.29, 1.82) is 0 Å². The average Bonchev–Trinajstić information content (AvgIpc) is 3.21. The van der Waals surface area contributed by atoms with Crippen LogP contribution in [0.3, 0.4) is 0 Å². The second-order valence-corrected chi connectivity index (χ2v) is 9.17. The highest BCUT2D eigenvalue weighted by Gasteiger charge is 2.50. The summed E-state index contributed by atoms with van der Waals surface area (Å²) in [6, 6.07) is 3.94. The van der Waals surface area contributed by atoms with Crippen LogP contribution in [0, 0.1) is 10.8 Å². The van der Waals surface area contributed by atoms with Gasteiger partial charge in [-0.2, -0.15) is 4.91 Å². The fourth-order valence-electron chi connectivity index (χ4n) is 4.61. The first-order valence-corrected chi connectivity index (χ1v) is 10.8. The number of nitrogens with zero attached hydrogens (tertiary/aromatic N) is 3. The summed E-state index contributed by atoms with van der Waals surface area (Å²) in [6.45, 7) is 2.90. The maximum absolute atomic E-state index is 12.6. The Balaban J connectivity index is 1.57. The lowest BCUT2D eigenvalue weighted by atomic mass is 9.92. The Morgan fingerprint density at radius 2 is 1.97 bits per heavy atom. The average molecular weight is 441 g/mol. The zero-order chi connectivity index (χ0) is 23.2. The number of amides is 3. The van der Waals surface area contributed by atoms with Crippen LogP contribution in [0.2, 0.25) is 0 Å². The van der Waals surface area contributed by atoms with Gasteiger partial charge in [0.1, 0.15) is 22.9 Å². The van der Waals surface area contributed by atoms with E-state index in [1.807, 2.05) is 6.07 Å². The SMILES string of the molecule is CN1C(=O)N(CC(CC(N=O)c2ccc3c4c(oc3c2)CCCC4)C(=O)O)C(=O)C1(C)C. The zero-order valence-corrected chi connectivity index (χ0v) is 18.5. The second kappa shape index (κ2) is 8.03. The smallest absolute Gasteiger partial charge is 0.327 e. The molecule has 9 heteroatoms. The first-order chi connectivity index (χ1) is 15.1. The van der Waals surface area contributed by atoms with Crippen molar-refractivity contribution >= 4 is 28.9 Å². The number of carboxylic acid groups (broad SMARTS) is 1. The van der Waals surface area contributed by atoms with Crippen molar-refractivity contribution in [1.82, 2.24) is 9.80 Å². The zero-order valence-electron chi connectivity index (χ0n) is 18.5. The molecule has 2 aromatic rings. The molecule has 1 N–H and O–H groups in total. The van der Waals surface area contributed by atoms with Gasteiger partial charge in [-0.05, 0) is 51.2 Å². The molecule has 170 valence electrons. The summed E-state index contributed by atoms with van der Waals surface area (Å²) in [6.07, 6.45) is 3.91. The molecule has 2 atom stereocenters. The van der Waals surface area contributed by atoms with Crippen molar-refractivity contribution in [2.24, 2.45) is 11.1 Å². The number of benzene rings is 1. The Hall–Kier alpha value is -3.23. The lowest BCUT2D eigenvalue weighted by Gasteiger charge is -2.22. The molecule has 1 saturated heterocycles. The predicted molar refractivity (Wildman–Crippen MR) is 116 cm³/mol. The third-order valence-electron chi connectivity index (χ3n) is 6.88. The molecule has 0 saturated carbocycles. The van der Waals surface area contributed by atoms with Crippen molar-refractivity contribution in [2.75, 3.05) is 13.6 Å². The molecule has 2 aliphatic rings. The third-order valence-corrected chi connectivity index (χ3v) is 6.88. The molecular formula is C23H27N3O6. The van der Waals surface area contributed by atoms with Gasteiger partial charge in [0.05, 0.1) is 5.92 Å². The van der Waals surface area contributed by atoms with E-state index >= 15 is 0 Å². The number of rotatable bonds is 7. The van der Waals surface area contributed by atoms with Crippen LogP contribution in [0.25, 0.3) is 11.0 Å². The fourth-order valence-corrected chi connectivity index (χ4v) is 4.61. The maximum atomic E-state index is 12.6. The predicted octanol–water partition coefficient (Wildman–Crippen LogP) is 3.88. The van der Waals surface area contributed by atoms with Crippen LogP contribution in [0.1, 0.15) is 56.0 Å². The van der Waals surface area contributed by atoms with Crippen molar-refractivity contribution in [3.05, 3.63) is 40.0 Å². The van der Waals surface area contributed by atoms with E-state index in [0.717, 1.165) is 41.7 Å². The Bertz CT molecular complexity index is 1100. The molecule has 1 aliphatic carbocycles. The van der Waals surface area contributed by atoms with E-state index in [-0.39, 0.29) is 13.0 Å². The van der Waals surface area contributed by atoms with Crippen LogP contribution < -0.4 is 0 Å². The van der Waals surface area contributed by atoms with Crippen molar-refractivity contribution in [3.63, 3.8) is 0 Å². The Labute approximate surface area is 185 Å². The molecule has 3 amide bonds. The molecule has 4 rings (SSSR count). The van der Waals surface area contributed by atoms with Crippen LogP contribution in [-0.2, 0) is 22.4 Å². The molecule has 32 heavy (non-hydrogen) atoms. The summed E-state index contributed by atoms with van der Waals surface area (Å²) in [4.78, 5) is 51.0. The van der Waals surface area contributed by atoms with Gasteiger partial charge in [0.2, 0.25) is 0 Å². The summed E-state index contributed by atoms with van der Waals surface area (Å²) in [5.41, 5.74) is 1.38. The minimum absolute atomic E-state index is 0.133. The van der Waals surface area contributed by atoms with E-state index in [1.165, 1.54) is 17.5 Å². The summed E-state index contributed by atoms with van der Waals surface area (Å²) < 4.78 is 5.99. The monoisotopic (exact) mass is 441 g/mol. The number of nitroso groups, excluding NO2 is 1. The van der Waals surface area contributed by atoms with Crippen molar-refractivity contribution in [2.45, 2.75) is 57.5 Å². The highest BCUT2D eigenvalue weighted by molar-refractivity contribution is 6.06. The summed E-state index contributed by atoms with van der Waals surface area (Å²) in [7, 11) is 1.50. The van der Waals surface area contributed by atoms with Crippen LogP contribution in [-0.4, -0.2) is 51.9 Å². The number of urea groups is 1. The summed E-state index contributed by atoms with van der Waals surface area (Å²) in [5, 5.41) is 13.9. The number of fused-ring (bicyclic) bond motifs is 3. The third kappa shape index (κ3) is 3.55. The fraction of sp³-hybridized carbons (Fsp3) is 0.522. The maximum Gasteiger partial charge on any atom is 0.327 e. The number of likely N-dealkylation sites (N-methyl/N-ethyl adjacent to an activating group) is 1. The van der Waals surface area contributed by atoms with Gasteiger partial charge < -0.3 is 14.4 Å². The molecule has 0 bridgehead atoms. The van der Waals surface area contributed by atoms with Crippen LogP contribution in [0.5, 0.6) is 0 Å². The largest absolute Gasteiger partial charge is 0.481 e. The number of hydrogen-bond donors (Lipinski definition) is 1. The van der Waals surface area contributed by atoms with Crippen LogP contribution >= 0.6 is 0 Å². The molecular weight excluding hydrogens is 414 g/mol. The number of aryl methyl sites for hydroxylation is 2. The van der Waals surface area contributed by atoms with E-state index in [4.69, 9.17) is 4.42 Å². The lowest BCUT2D eigenvalue weighted by molar-refractivity contribution is -0.143. The van der Waals surface area contributed by atoms with Gasteiger partial charge in [0.15, 0.2) is 0 Å². The Morgan fingerprint density at radius 1 is 1.25 bits per heavy atom. The quantitative estimate of drug-likeness (QED) is 0.514. The number of aliphatic carboxylic acids is 1. The molecule has 2 heterocycles. The second-order valence-electron chi connectivity index (χ2n) is 9.17. The molecule has 1 aromatic carbocycles. The number of carboxylic acids is 1. The van der Waals surface area contributed by atoms with Gasteiger partial charge in [-0.25, -0.2) is 4.79 Å². The van der Waals surface area contributed by atoms with Crippen LogP contribution in [0.15, 0.2) is 27.8 Å². The number of carbonyl (C=O) groups excluding carboxylic acids is 2. The van der Waals surface area contributed by atoms with Gasteiger partial charge in [-0.15, -0.1) is 0 Å². The first-order valence-electron chi connectivity index (χ1n) is 10.8. The number of hydrogen-bond acceptors (Lipinski definition) is 6. The van der Waals surface area contributed by atoms with Gasteiger partial charge in [0, 0.05) is 31.0 Å².